The molecule has 4 heteroatoms. The molecule has 0 saturated heterocycles. The first-order chi connectivity index (χ1) is 8.18. The van der Waals surface area contributed by atoms with Crippen molar-refractivity contribution >= 4 is 5.91 Å². The van der Waals surface area contributed by atoms with E-state index in [1.54, 1.807) is 19.2 Å². The lowest BCUT2D eigenvalue weighted by Gasteiger charge is -2.22. The number of aromatic nitrogens is 1. The van der Waals surface area contributed by atoms with Crippen LogP contribution in [0.3, 0.4) is 0 Å². The Morgan fingerprint density at radius 2 is 2.12 bits per heavy atom. The van der Waals surface area contributed by atoms with Crippen LogP contribution in [0.4, 0.5) is 0 Å². The second-order valence-electron chi connectivity index (χ2n) is 4.63. The Kier molecular flexibility index (Phi) is 3.61. The van der Waals surface area contributed by atoms with Gasteiger partial charge in [-0.25, -0.2) is 4.98 Å². The third-order valence-corrected chi connectivity index (χ3v) is 3.28. The van der Waals surface area contributed by atoms with Crippen molar-refractivity contribution in [1.29, 1.82) is 0 Å². The second-order valence-corrected chi connectivity index (χ2v) is 4.63. The van der Waals surface area contributed by atoms with Crippen LogP contribution < -0.4 is 5.32 Å². The third kappa shape index (κ3) is 2.75. The van der Waals surface area contributed by atoms with Gasteiger partial charge in [0.25, 0.3) is 5.91 Å². The highest BCUT2D eigenvalue weighted by atomic mass is 16.3. The van der Waals surface area contributed by atoms with Crippen molar-refractivity contribution in [3.8, 4) is 5.75 Å². The molecule has 1 saturated carbocycles. The summed E-state index contributed by atoms with van der Waals surface area (Å²) in [5, 5.41) is 12.7. The monoisotopic (exact) mass is 234 g/mol. The summed E-state index contributed by atoms with van der Waals surface area (Å²) in [7, 11) is 0. The van der Waals surface area contributed by atoms with Crippen LogP contribution in [0.1, 0.15) is 48.2 Å². The SMILES string of the molecule is Cc1ccnc(C(=O)NC2CCCCC2)c1O. The number of rotatable bonds is 2. The highest BCUT2D eigenvalue weighted by Crippen LogP contribution is 2.21. The summed E-state index contributed by atoms with van der Waals surface area (Å²) in [4.78, 5) is 15.9. The fourth-order valence-corrected chi connectivity index (χ4v) is 2.22. The van der Waals surface area contributed by atoms with Gasteiger partial charge in [0.05, 0.1) is 0 Å². The Bertz CT molecular complexity index is 412. The molecule has 1 heterocycles. The van der Waals surface area contributed by atoms with Crippen LogP contribution in [0, 0.1) is 6.92 Å². The van der Waals surface area contributed by atoms with E-state index in [1.807, 2.05) is 0 Å². The maximum atomic E-state index is 12.0. The zero-order chi connectivity index (χ0) is 12.3. The standard InChI is InChI=1S/C13H18N2O2/c1-9-7-8-14-11(12(9)16)13(17)15-10-5-3-2-4-6-10/h7-8,10,16H,2-6H2,1H3,(H,15,17). The Labute approximate surface area is 101 Å². The van der Waals surface area contributed by atoms with E-state index in [0.717, 1.165) is 25.7 Å². The molecule has 0 bridgehead atoms. The summed E-state index contributed by atoms with van der Waals surface area (Å²) in [6.45, 7) is 1.76. The number of carbonyl (C=O) groups is 1. The van der Waals surface area contributed by atoms with Crippen molar-refractivity contribution in [1.82, 2.24) is 10.3 Å². The molecule has 1 amide bonds. The smallest absolute Gasteiger partial charge is 0.273 e. The first kappa shape index (κ1) is 11.9. The van der Waals surface area contributed by atoms with Gasteiger partial charge in [-0.1, -0.05) is 19.3 Å². The molecule has 0 spiro atoms. The van der Waals surface area contributed by atoms with Crippen LogP contribution in [-0.2, 0) is 0 Å². The van der Waals surface area contributed by atoms with Gasteiger partial charge >= 0.3 is 0 Å². The van der Waals surface area contributed by atoms with Crippen molar-refractivity contribution < 1.29 is 9.90 Å². The second kappa shape index (κ2) is 5.17. The van der Waals surface area contributed by atoms with Crippen LogP contribution in [0.25, 0.3) is 0 Å². The molecule has 0 unspecified atom stereocenters. The summed E-state index contributed by atoms with van der Waals surface area (Å²) in [5.74, 6) is -0.279. The van der Waals surface area contributed by atoms with E-state index < -0.39 is 0 Å². The van der Waals surface area contributed by atoms with E-state index in [1.165, 1.54) is 6.42 Å². The molecule has 17 heavy (non-hydrogen) atoms. The lowest BCUT2D eigenvalue weighted by atomic mass is 9.95. The highest BCUT2D eigenvalue weighted by molar-refractivity contribution is 5.95. The fraction of sp³-hybridized carbons (Fsp3) is 0.538. The predicted molar refractivity (Wildman–Crippen MR) is 65.0 cm³/mol. The van der Waals surface area contributed by atoms with Gasteiger partial charge in [-0.15, -0.1) is 0 Å². The molecule has 0 aliphatic heterocycles. The Morgan fingerprint density at radius 3 is 2.82 bits per heavy atom. The Balaban J connectivity index is 2.06. The minimum absolute atomic E-state index is 0.0131. The van der Waals surface area contributed by atoms with E-state index in [2.05, 4.69) is 10.3 Å². The number of hydrogen-bond acceptors (Lipinski definition) is 3. The predicted octanol–water partition coefficient (Wildman–Crippen LogP) is 2.16. The maximum absolute atomic E-state index is 12.0. The molecule has 1 fully saturated rings. The topological polar surface area (TPSA) is 62.2 Å². The highest BCUT2D eigenvalue weighted by Gasteiger charge is 2.19. The minimum Gasteiger partial charge on any atom is -0.505 e. The van der Waals surface area contributed by atoms with Gasteiger partial charge in [-0.05, 0) is 31.4 Å². The molecule has 4 nitrogen and oxygen atoms in total. The van der Waals surface area contributed by atoms with Gasteiger partial charge in [-0.2, -0.15) is 0 Å². The summed E-state index contributed by atoms with van der Waals surface area (Å²) < 4.78 is 0. The zero-order valence-corrected chi connectivity index (χ0v) is 10.1. The minimum atomic E-state index is -0.266. The average molecular weight is 234 g/mol. The number of amides is 1. The first-order valence-electron chi connectivity index (χ1n) is 6.14. The van der Waals surface area contributed by atoms with Crippen molar-refractivity contribution in [2.24, 2.45) is 0 Å². The lowest BCUT2D eigenvalue weighted by Crippen LogP contribution is -2.36. The van der Waals surface area contributed by atoms with Crippen molar-refractivity contribution in [2.45, 2.75) is 45.1 Å². The molecule has 1 aliphatic carbocycles. The van der Waals surface area contributed by atoms with E-state index >= 15 is 0 Å². The summed E-state index contributed by atoms with van der Waals surface area (Å²) in [6.07, 6.45) is 7.18. The molecule has 0 atom stereocenters. The normalized spacial score (nSPS) is 16.8. The summed E-state index contributed by atoms with van der Waals surface area (Å²) in [6, 6.07) is 1.92. The number of pyridine rings is 1. The van der Waals surface area contributed by atoms with Crippen LogP contribution in [0.2, 0.25) is 0 Å². The van der Waals surface area contributed by atoms with Gasteiger partial charge in [0.15, 0.2) is 5.69 Å². The molecule has 2 rings (SSSR count). The molecule has 1 aromatic rings. The van der Waals surface area contributed by atoms with Crippen LogP contribution in [0.5, 0.6) is 5.75 Å². The Morgan fingerprint density at radius 1 is 1.41 bits per heavy atom. The maximum Gasteiger partial charge on any atom is 0.273 e. The van der Waals surface area contributed by atoms with Crippen LogP contribution in [-0.4, -0.2) is 22.0 Å². The van der Waals surface area contributed by atoms with E-state index in [9.17, 15) is 9.90 Å². The summed E-state index contributed by atoms with van der Waals surface area (Å²) in [5.41, 5.74) is 0.810. The summed E-state index contributed by atoms with van der Waals surface area (Å²) >= 11 is 0. The van der Waals surface area contributed by atoms with Crippen LogP contribution in [0.15, 0.2) is 12.3 Å². The quantitative estimate of drug-likeness (QED) is 0.824. The first-order valence-corrected chi connectivity index (χ1v) is 6.14. The molecule has 92 valence electrons. The third-order valence-electron chi connectivity index (χ3n) is 3.28. The number of aromatic hydroxyl groups is 1. The molecular formula is C13H18N2O2. The number of nitrogens with zero attached hydrogens (tertiary/aromatic N) is 1. The number of hydrogen-bond donors (Lipinski definition) is 2. The molecule has 0 aromatic carbocycles. The van der Waals surface area contributed by atoms with Crippen LogP contribution >= 0.6 is 0 Å². The molecule has 1 aliphatic rings. The van der Waals surface area contributed by atoms with Gasteiger partial charge < -0.3 is 10.4 Å². The van der Waals surface area contributed by atoms with Gasteiger partial charge in [0.2, 0.25) is 0 Å². The Hall–Kier alpha value is -1.58. The number of carbonyl (C=O) groups excluding carboxylic acids is 1. The van der Waals surface area contributed by atoms with Gasteiger partial charge in [-0.3, -0.25) is 4.79 Å². The lowest BCUT2D eigenvalue weighted by molar-refractivity contribution is 0.0919. The van der Waals surface area contributed by atoms with E-state index in [0.29, 0.717) is 5.56 Å². The molecule has 2 N–H and O–H groups in total. The average Bonchev–Trinajstić information content (AvgIpc) is 2.34. The van der Waals surface area contributed by atoms with Crippen molar-refractivity contribution in [3.63, 3.8) is 0 Å². The van der Waals surface area contributed by atoms with Crippen molar-refractivity contribution in [2.75, 3.05) is 0 Å². The molecule has 0 radical (unpaired) electrons. The van der Waals surface area contributed by atoms with E-state index in [4.69, 9.17) is 0 Å². The molecular weight excluding hydrogens is 216 g/mol. The van der Waals surface area contributed by atoms with Gasteiger partial charge in [0.1, 0.15) is 5.75 Å². The number of aryl methyl sites for hydroxylation is 1. The fourth-order valence-electron chi connectivity index (χ4n) is 2.22. The van der Waals surface area contributed by atoms with E-state index in [-0.39, 0.29) is 23.4 Å². The molecule has 1 aromatic heterocycles. The number of nitrogens with one attached hydrogen (secondary N) is 1. The van der Waals surface area contributed by atoms with Gasteiger partial charge in [0, 0.05) is 12.2 Å². The zero-order valence-electron chi connectivity index (χ0n) is 10.1. The van der Waals surface area contributed by atoms with Crippen molar-refractivity contribution in [3.05, 3.63) is 23.5 Å². The largest absolute Gasteiger partial charge is 0.505 e.